The van der Waals surface area contributed by atoms with Crippen molar-refractivity contribution in [2.45, 2.75) is 31.3 Å². The average Bonchev–Trinajstić information content (AvgIpc) is 2.57. The molecule has 22 heavy (non-hydrogen) atoms. The predicted octanol–water partition coefficient (Wildman–Crippen LogP) is 3.11. The number of aliphatic carboxylic acids is 1. The van der Waals surface area contributed by atoms with E-state index in [4.69, 9.17) is 0 Å². The number of hydrogen-bond donors (Lipinski definition) is 1. The van der Waals surface area contributed by atoms with Gasteiger partial charge in [-0.15, -0.1) is 0 Å². The highest BCUT2D eigenvalue weighted by molar-refractivity contribution is 5.73. The second-order valence-corrected chi connectivity index (χ2v) is 5.68. The minimum atomic E-state index is -0.727. The number of carbonyl (C=O) groups is 1. The lowest BCUT2D eigenvalue weighted by molar-refractivity contribution is -0.145. The zero-order chi connectivity index (χ0) is 15.4. The van der Waals surface area contributed by atoms with Crippen LogP contribution in [-0.4, -0.2) is 33.5 Å². The number of carboxylic acid groups (broad SMARTS) is 1. The molecule has 1 aliphatic heterocycles. The number of nitrogens with zero attached hydrogens (tertiary/aromatic N) is 2. The van der Waals surface area contributed by atoms with Crippen LogP contribution in [0.5, 0.6) is 0 Å². The van der Waals surface area contributed by atoms with Crippen molar-refractivity contribution in [2.24, 2.45) is 0 Å². The Balaban J connectivity index is 2.03. The van der Waals surface area contributed by atoms with E-state index in [9.17, 15) is 9.90 Å². The van der Waals surface area contributed by atoms with Crippen LogP contribution >= 0.6 is 0 Å². The van der Waals surface area contributed by atoms with Crippen molar-refractivity contribution in [1.82, 2.24) is 9.88 Å². The number of benzene rings is 1. The third-order valence-electron chi connectivity index (χ3n) is 4.30. The first kappa shape index (κ1) is 14.7. The molecular weight excluding hydrogens is 276 g/mol. The Morgan fingerprint density at radius 1 is 1.09 bits per heavy atom. The quantitative estimate of drug-likeness (QED) is 0.942. The molecule has 1 N–H and O–H groups in total. The third kappa shape index (κ3) is 3.02. The van der Waals surface area contributed by atoms with Gasteiger partial charge < -0.3 is 5.11 Å². The van der Waals surface area contributed by atoms with Gasteiger partial charge in [-0.1, -0.05) is 36.8 Å². The largest absolute Gasteiger partial charge is 0.480 e. The Labute approximate surface area is 130 Å². The van der Waals surface area contributed by atoms with Crippen LogP contribution in [0.15, 0.2) is 54.9 Å². The highest BCUT2D eigenvalue weighted by Gasteiger charge is 2.34. The summed E-state index contributed by atoms with van der Waals surface area (Å²) >= 11 is 0. The van der Waals surface area contributed by atoms with Gasteiger partial charge in [0.25, 0.3) is 0 Å². The second kappa shape index (κ2) is 6.71. The van der Waals surface area contributed by atoms with E-state index < -0.39 is 12.0 Å². The molecule has 1 saturated heterocycles. The number of piperidine rings is 1. The summed E-state index contributed by atoms with van der Waals surface area (Å²) in [4.78, 5) is 17.9. The molecule has 114 valence electrons. The summed E-state index contributed by atoms with van der Waals surface area (Å²) in [5.74, 6) is -0.727. The van der Waals surface area contributed by atoms with E-state index in [1.165, 1.54) is 0 Å². The Kier molecular flexibility index (Phi) is 4.49. The van der Waals surface area contributed by atoms with Crippen molar-refractivity contribution in [2.75, 3.05) is 6.54 Å². The number of carboxylic acids is 1. The normalized spacial score (nSPS) is 20.5. The summed E-state index contributed by atoms with van der Waals surface area (Å²) in [6.07, 6.45) is 6.27. The maximum atomic E-state index is 11.7. The molecule has 4 nitrogen and oxygen atoms in total. The van der Waals surface area contributed by atoms with Crippen molar-refractivity contribution in [3.05, 3.63) is 66.0 Å². The topological polar surface area (TPSA) is 53.4 Å². The zero-order valence-corrected chi connectivity index (χ0v) is 12.4. The lowest BCUT2D eigenvalue weighted by Gasteiger charge is -2.39. The van der Waals surface area contributed by atoms with Gasteiger partial charge in [0.1, 0.15) is 6.04 Å². The van der Waals surface area contributed by atoms with Gasteiger partial charge in [0.15, 0.2) is 0 Å². The summed E-state index contributed by atoms with van der Waals surface area (Å²) in [5.41, 5.74) is 2.22. The van der Waals surface area contributed by atoms with Crippen LogP contribution < -0.4 is 0 Å². The molecule has 2 aromatic rings. The van der Waals surface area contributed by atoms with Gasteiger partial charge in [0, 0.05) is 12.4 Å². The Bertz CT molecular complexity index is 576. The monoisotopic (exact) mass is 296 g/mol. The maximum absolute atomic E-state index is 11.7. The summed E-state index contributed by atoms with van der Waals surface area (Å²) in [6, 6.07) is 13.6. The van der Waals surface area contributed by atoms with E-state index in [0.29, 0.717) is 6.42 Å². The molecule has 0 aliphatic carbocycles. The minimum Gasteiger partial charge on any atom is -0.480 e. The van der Waals surface area contributed by atoms with E-state index in [-0.39, 0.29) is 6.04 Å². The van der Waals surface area contributed by atoms with Crippen molar-refractivity contribution in [1.29, 1.82) is 0 Å². The molecule has 0 spiro atoms. The minimum absolute atomic E-state index is 0.0365. The van der Waals surface area contributed by atoms with Crippen LogP contribution in [0.2, 0.25) is 0 Å². The van der Waals surface area contributed by atoms with Gasteiger partial charge in [-0.05, 0) is 42.6 Å². The first-order valence-corrected chi connectivity index (χ1v) is 7.71. The molecular formula is C18H20N2O2. The summed E-state index contributed by atoms with van der Waals surface area (Å²) < 4.78 is 0. The first-order valence-electron chi connectivity index (χ1n) is 7.71. The van der Waals surface area contributed by atoms with Crippen molar-refractivity contribution in [3.63, 3.8) is 0 Å². The molecule has 4 heteroatoms. The molecule has 1 aliphatic rings. The van der Waals surface area contributed by atoms with Crippen LogP contribution in [0, 0.1) is 0 Å². The number of likely N-dealkylation sites (tertiary alicyclic amines) is 1. The fourth-order valence-electron chi connectivity index (χ4n) is 3.28. The number of hydrogen-bond acceptors (Lipinski definition) is 3. The van der Waals surface area contributed by atoms with E-state index in [2.05, 4.69) is 22.0 Å². The van der Waals surface area contributed by atoms with E-state index >= 15 is 0 Å². The smallest absolute Gasteiger partial charge is 0.320 e. The fraction of sp³-hybridized carbons (Fsp3) is 0.333. The number of aromatic nitrogens is 1. The average molecular weight is 296 g/mol. The molecule has 1 aromatic heterocycles. The summed E-state index contributed by atoms with van der Waals surface area (Å²) in [5, 5.41) is 9.60. The highest BCUT2D eigenvalue weighted by atomic mass is 16.4. The second-order valence-electron chi connectivity index (χ2n) is 5.68. The Hall–Kier alpha value is -2.20. The van der Waals surface area contributed by atoms with Crippen LogP contribution in [0.1, 0.15) is 36.4 Å². The summed E-state index contributed by atoms with van der Waals surface area (Å²) in [7, 11) is 0. The molecule has 2 heterocycles. The Morgan fingerprint density at radius 3 is 2.45 bits per heavy atom. The van der Waals surface area contributed by atoms with Crippen LogP contribution in [-0.2, 0) is 4.79 Å². The maximum Gasteiger partial charge on any atom is 0.320 e. The number of pyridine rings is 1. The van der Waals surface area contributed by atoms with E-state index in [1.54, 1.807) is 12.4 Å². The Morgan fingerprint density at radius 2 is 1.77 bits per heavy atom. The van der Waals surface area contributed by atoms with Crippen LogP contribution in [0.3, 0.4) is 0 Å². The van der Waals surface area contributed by atoms with Gasteiger partial charge in [-0.25, -0.2) is 0 Å². The highest BCUT2D eigenvalue weighted by Crippen LogP contribution is 2.33. The van der Waals surface area contributed by atoms with Gasteiger partial charge in [-0.3, -0.25) is 14.7 Å². The summed E-state index contributed by atoms with van der Waals surface area (Å²) in [6.45, 7) is 0.804. The first-order chi connectivity index (χ1) is 10.8. The van der Waals surface area contributed by atoms with E-state index in [1.807, 2.05) is 30.3 Å². The molecule has 2 atom stereocenters. The van der Waals surface area contributed by atoms with Gasteiger partial charge >= 0.3 is 5.97 Å². The molecule has 2 unspecified atom stereocenters. The fourth-order valence-corrected chi connectivity index (χ4v) is 3.28. The van der Waals surface area contributed by atoms with Crippen molar-refractivity contribution >= 4 is 5.97 Å². The molecule has 0 radical (unpaired) electrons. The van der Waals surface area contributed by atoms with Gasteiger partial charge in [0.05, 0.1) is 6.04 Å². The van der Waals surface area contributed by atoms with Crippen molar-refractivity contribution in [3.8, 4) is 0 Å². The standard InChI is InChI=1S/C18H20N2O2/c21-18(22)16-8-4-5-13-20(16)17(14-6-2-1-3-7-14)15-9-11-19-12-10-15/h1-3,6-7,9-12,16-17H,4-5,8,13H2,(H,21,22). The molecule has 3 rings (SSSR count). The third-order valence-corrected chi connectivity index (χ3v) is 4.30. The molecule has 0 saturated carbocycles. The van der Waals surface area contributed by atoms with Gasteiger partial charge in [0.2, 0.25) is 0 Å². The zero-order valence-electron chi connectivity index (χ0n) is 12.4. The van der Waals surface area contributed by atoms with E-state index in [0.717, 1.165) is 30.5 Å². The SMILES string of the molecule is O=C(O)C1CCCCN1C(c1ccccc1)c1ccncc1. The molecule has 1 fully saturated rings. The lowest BCUT2D eigenvalue weighted by Crippen LogP contribution is -2.46. The lowest BCUT2D eigenvalue weighted by atomic mass is 9.92. The van der Waals surface area contributed by atoms with Crippen LogP contribution in [0.25, 0.3) is 0 Å². The molecule has 0 bridgehead atoms. The molecule has 0 amide bonds. The van der Waals surface area contributed by atoms with Crippen LogP contribution in [0.4, 0.5) is 0 Å². The molecule has 1 aromatic carbocycles. The van der Waals surface area contributed by atoms with Gasteiger partial charge in [-0.2, -0.15) is 0 Å². The van der Waals surface area contributed by atoms with Crippen molar-refractivity contribution < 1.29 is 9.90 Å². The number of rotatable bonds is 4. The predicted molar refractivity (Wildman–Crippen MR) is 84.5 cm³/mol.